The van der Waals surface area contributed by atoms with Crippen molar-refractivity contribution >= 4 is 28.0 Å². The van der Waals surface area contributed by atoms with E-state index in [9.17, 15) is 0 Å². The maximum absolute atomic E-state index is 18.3. The summed E-state index contributed by atoms with van der Waals surface area (Å²) in [6.45, 7) is 0. The molecule has 8 rings (SSSR count). The number of halogens is 32. The second-order valence-corrected chi connectivity index (χ2v) is 17.7. The molecule has 0 amide bonds. The van der Waals surface area contributed by atoms with E-state index in [1.54, 1.807) is 0 Å². The van der Waals surface area contributed by atoms with Crippen molar-refractivity contribution in [2.45, 2.75) is 0 Å². The zero-order valence-corrected chi connectivity index (χ0v) is 48.2. The summed E-state index contributed by atoms with van der Waals surface area (Å²) in [4.78, 5) is 0. The molecule has 8 aromatic carbocycles. The van der Waals surface area contributed by atoms with Gasteiger partial charge in [0.15, 0.2) is 139 Å². The monoisotopic (exact) mass is 1400 g/mol. The second-order valence-electron chi connectivity index (χ2n) is 17.7. The Morgan fingerprint density at radius 3 is 0.389 bits per heavy atom. The summed E-state index contributed by atoms with van der Waals surface area (Å²) >= 11 is 0. The molecule has 0 heterocycles. The van der Waals surface area contributed by atoms with Crippen LogP contribution in [0.4, 0.5) is 140 Å². The van der Waals surface area contributed by atoms with Gasteiger partial charge >= 0.3 is 58.2 Å². The number of benzene rings is 8. The Hall–Kier alpha value is -7.41. The summed E-state index contributed by atoms with van der Waals surface area (Å²) in [5.74, 6) is -136. The maximum Gasteiger partial charge on any atom is 1.00 e. The first-order valence-corrected chi connectivity index (χ1v) is 22.7. The van der Waals surface area contributed by atoms with Gasteiger partial charge in [0.25, 0.3) is 0 Å². The summed E-state index contributed by atoms with van der Waals surface area (Å²) in [7, 11) is 0.0497. The smallest absolute Gasteiger partial charge is 0.491 e. The summed E-state index contributed by atoms with van der Waals surface area (Å²) < 4.78 is 554. The molecule has 0 bridgehead atoms. The van der Waals surface area contributed by atoms with Crippen molar-refractivity contribution in [3.05, 3.63) is 186 Å². The standard InChI is InChI=1S/C52H12BF32O4.Rb/c1-86-49-41(78)21(58)9(22(59)42(49)79)5-13(29(66)37(74)33(70)17(5)54)53(14-6(18(55)34(71)38(75)30(14)67)10-23(60)43(80)50(87-2)44(81)24(10)61,15-7(19(56)35(72)39(76)31(15)68)11-25(62)45(82)51(88-3)46(83)26(11)63)16-8(20(57)36(73)40(77)32(16)69)12-27(64)47(84)52(89-4)48(85)28(12)65;/h1-4H3;/q-1;+1. The van der Waals surface area contributed by atoms with Crippen molar-refractivity contribution in [1.29, 1.82) is 0 Å². The van der Waals surface area contributed by atoms with E-state index in [2.05, 4.69) is 18.9 Å². The number of rotatable bonds is 12. The van der Waals surface area contributed by atoms with E-state index in [1.165, 1.54) is 0 Å². The molecule has 0 N–H and O–H groups in total. The minimum absolute atomic E-state index is 0. The van der Waals surface area contributed by atoms with Gasteiger partial charge in [-0.05, 0) is 22.3 Å². The first-order valence-electron chi connectivity index (χ1n) is 22.7. The Bertz CT molecular complexity index is 3810. The molecule has 0 fully saturated rings. The molecule has 0 aliphatic rings. The van der Waals surface area contributed by atoms with Crippen LogP contribution in [0.25, 0.3) is 44.5 Å². The van der Waals surface area contributed by atoms with Crippen molar-refractivity contribution in [1.82, 2.24) is 0 Å². The molecule has 472 valence electrons. The molecule has 8 aromatic rings. The van der Waals surface area contributed by atoms with Crippen LogP contribution >= 0.6 is 0 Å². The van der Waals surface area contributed by atoms with Gasteiger partial charge in [-0.3, -0.25) is 0 Å². The van der Waals surface area contributed by atoms with Gasteiger partial charge in [0.05, 0.1) is 50.7 Å². The van der Waals surface area contributed by atoms with E-state index in [-0.39, 0.29) is 86.6 Å². The summed E-state index contributed by atoms with van der Waals surface area (Å²) in [6.07, 6.45) is -8.95. The molecule has 0 aromatic heterocycles. The predicted octanol–water partition coefficient (Wildman–Crippen LogP) is 11.2. The minimum Gasteiger partial charge on any atom is -0.491 e. The van der Waals surface area contributed by atoms with E-state index in [1.807, 2.05) is 0 Å². The third-order valence-corrected chi connectivity index (χ3v) is 13.7. The van der Waals surface area contributed by atoms with E-state index in [0.29, 0.717) is 0 Å². The normalized spacial score (nSPS) is 11.7. The van der Waals surface area contributed by atoms with Crippen LogP contribution in [0.1, 0.15) is 0 Å². The molecule has 90 heavy (non-hydrogen) atoms. The zero-order chi connectivity index (χ0) is 67.0. The molecule has 0 aliphatic heterocycles. The molecular weight excluding hydrogens is 1390 g/mol. The van der Waals surface area contributed by atoms with Crippen LogP contribution in [0.15, 0.2) is 0 Å². The quantitative estimate of drug-likeness (QED) is 0.0529. The van der Waals surface area contributed by atoms with Crippen LogP contribution in [0.3, 0.4) is 0 Å². The second kappa shape index (κ2) is 24.7. The summed E-state index contributed by atoms with van der Waals surface area (Å²) in [5.41, 5.74) is -49.3. The van der Waals surface area contributed by atoms with Gasteiger partial charge in [0.1, 0.15) is 29.4 Å². The van der Waals surface area contributed by atoms with Gasteiger partial charge in [-0.15, -0.1) is 21.9 Å². The molecule has 38 heteroatoms. The third kappa shape index (κ3) is 9.44. The zero-order valence-electron chi connectivity index (χ0n) is 43.3. The van der Waals surface area contributed by atoms with Gasteiger partial charge < -0.3 is 18.9 Å². The largest absolute Gasteiger partial charge is 1.00 e. The topological polar surface area (TPSA) is 36.9 Å². The number of hydrogen-bond acceptors (Lipinski definition) is 4. The van der Waals surface area contributed by atoms with Gasteiger partial charge in [-0.2, -0.15) is 35.1 Å². The van der Waals surface area contributed by atoms with Crippen LogP contribution in [0, 0.1) is 186 Å². The third-order valence-electron chi connectivity index (χ3n) is 13.7. The Morgan fingerprint density at radius 1 is 0.156 bits per heavy atom. The van der Waals surface area contributed by atoms with E-state index in [4.69, 9.17) is 0 Å². The average Bonchev–Trinajstić information content (AvgIpc) is 0.671. The molecular formula is C52H12BF32O4Rb. The van der Waals surface area contributed by atoms with Gasteiger partial charge in [0, 0.05) is 0 Å². The first-order chi connectivity index (χ1) is 41.4. The first kappa shape index (κ1) is 70.1. The van der Waals surface area contributed by atoms with E-state index < -0.39 is 282 Å². The molecule has 0 saturated heterocycles. The van der Waals surface area contributed by atoms with Crippen LogP contribution in [0.2, 0.25) is 0 Å². The molecule has 0 aliphatic carbocycles. The fourth-order valence-electron chi connectivity index (χ4n) is 10.1. The fraction of sp³-hybridized carbons (Fsp3) is 0.0769. The van der Waals surface area contributed by atoms with Crippen LogP contribution in [0.5, 0.6) is 23.0 Å². The molecule has 0 radical (unpaired) electrons. The minimum atomic E-state index is -8.95. The van der Waals surface area contributed by atoms with Crippen molar-refractivity contribution in [2.75, 3.05) is 28.4 Å². The molecule has 0 unspecified atom stereocenters. The molecule has 0 spiro atoms. The van der Waals surface area contributed by atoms with E-state index >= 15 is 140 Å². The SMILES string of the molecule is COc1c(F)c(F)c(-c2c(F)c(F)c(F)c(F)c2[B-](c2c(F)c(F)c(F)c(F)c2-c2c(F)c(F)c(OC)c(F)c2F)(c2c(F)c(F)c(F)c(F)c2-c2c(F)c(F)c(OC)c(F)c2F)c2c(F)c(F)c(F)c(F)c2-c2c(F)c(F)c(OC)c(F)c2F)c(F)c1F.[Rb+]. The van der Waals surface area contributed by atoms with Crippen molar-refractivity contribution in [3.63, 3.8) is 0 Å². The van der Waals surface area contributed by atoms with Crippen LogP contribution in [-0.2, 0) is 0 Å². The molecule has 4 nitrogen and oxygen atoms in total. The van der Waals surface area contributed by atoms with Gasteiger partial charge in [-0.1, -0.05) is 0 Å². The number of hydrogen-bond donors (Lipinski definition) is 0. The van der Waals surface area contributed by atoms with Gasteiger partial charge in [-0.25, -0.2) is 105 Å². The molecule has 0 atom stereocenters. The fourth-order valence-corrected chi connectivity index (χ4v) is 10.1. The van der Waals surface area contributed by atoms with Crippen molar-refractivity contribution in [2.24, 2.45) is 0 Å². The molecule has 0 saturated carbocycles. The Kier molecular flexibility index (Phi) is 19.2. The van der Waals surface area contributed by atoms with Crippen LogP contribution < -0.4 is 99.0 Å². The Balaban J connectivity index is 0.0000115. The number of ether oxygens (including phenoxy) is 4. The van der Waals surface area contributed by atoms with Gasteiger partial charge in [0.2, 0.25) is 46.5 Å². The van der Waals surface area contributed by atoms with Crippen molar-refractivity contribution in [3.8, 4) is 67.5 Å². The summed E-state index contributed by atoms with van der Waals surface area (Å²) in [6, 6.07) is 0. The summed E-state index contributed by atoms with van der Waals surface area (Å²) in [5, 5.41) is 0. The van der Waals surface area contributed by atoms with E-state index in [0.717, 1.165) is 0 Å². The number of methoxy groups -OCH3 is 4. The average molecular weight is 1400 g/mol. The Morgan fingerprint density at radius 2 is 0.267 bits per heavy atom. The maximum atomic E-state index is 18.3. The Labute approximate surface area is 524 Å². The predicted molar refractivity (Wildman–Crippen MR) is 237 cm³/mol. The van der Waals surface area contributed by atoms with Crippen molar-refractivity contribution < 1.29 is 218 Å². The van der Waals surface area contributed by atoms with Crippen LogP contribution in [-0.4, -0.2) is 34.6 Å².